The van der Waals surface area contributed by atoms with Gasteiger partial charge in [-0.05, 0) is 25.0 Å². The maximum atomic E-state index is 11.6. The molecule has 20 heavy (non-hydrogen) atoms. The van der Waals surface area contributed by atoms with E-state index in [0.29, 0.717) is 6.54 Å². The monoisotopic (exact) mass is 281 g/mol. The molecular weight excluding hydrogens is 258 g/mol. The average molecular weight is 281 g/mol. The van der Waals surface area contributed by atoms with Gasteiger partial charge in [-0.3, -0.25) is 9.59 Å². The molecule has 0 saturated carbocycles. The first-order valence-electron chi connectivity index (χ1n) is 6.88. The number of hydrogen-bond acceptors (Lipinski definition) is 4. The molecule has 1 rings (SSSR count). The molecule has 4 N–H and O–H groups in total. The van der Waals surface area contributed by atoms with Crippen molar-refractivity contribution >= 4 is 11.8 Å². The molecule has 1 aromatic rings. The number of nitrogens with one attached hydrogen (secondary N) is 2. The summed E-state index contributed by atoms with van der Waals surface area (Å²) >= 11 is 0. The van der Waals surface area contributed by atoms with Crippen LogP contribution < -0.4 is 16.4 Å². The van der Waals surface area contributed by atoms with Crippen molar-refractivity contribution in [2.45, 2.75) is 38.6 Å². The first-order valence-corrected chi connectivity index (χ1v) is 6.88. The highest BCUT2D eigenvalue weighted by molar-refractivity contribution is 5.91. The van der Waals surface area contributed by atoms with Crippen molar-refractivity contribution in [2.24, 2.45) is 5.73 Å². The lowest BCUT2D eigenvalue weighted by atomic mass is 9.94. The minimum atomic E-state index is -0.354. The van der Waals surface area contributed by atoms with Crippen LogP contribution >= 0.6 is 0 Å². The van der Waals surface area contributed by atoms with E-state index in [1.807, 2.05) is 13.8 Å². The molecule has 0 atom stereocenters. The summed E-state index contributed by atoms with van der Waals surface area (Å²) in [6.07, 6.45) is 3.26. The number of nitrogens with two attached hydrogens (primary N) is 1. The van der Waals surface area contributed by atoms with Crippen LogP contribution in [0.4, 0.5) is 0 Å². The van der Waals surface area contributed by atoms with Crippen molar-refractivity contribution in [3.05, 3.63) is 24.2 Å². The number of amides is 2. The van der Waals surface area contributed by atoms with Gasteiger partial charge in [0.05, 0.1) is 6.26 Å². The summed E-state index contributed by atoms with van der Waals surface area (Å²) in [7, 11) is 0. The Morgan fingerprint density at radius 3 is 2.55 bits per heavy atom. The van der Waals surface area contributed by atoms with Crippen LogP contribution in [-0.4, -0.2) is 30.4 Å². The van der Waals surface area contributed by atoms with E-state index < -0.39 is 0 Å². The second-order valence-corrected chi connectivity index (χ2v) is 4.83. The maximum Gasteiger partial charge on any atom is 0.286 e. The number of hydrogen-bond donors (Lipinski definition) is 3. The van der Waals surface area contributed by atoms with Crippen molar-refractivity contribution in [2.75, 3.05) is 13.1 Å². The summed E-state index contributed by atoms with van der Waals surface area (Å²) in [5, 5.41) is 5.41. The highest BCUT2D eigenvalue weighted by Gasteiger charge is 2.20. The van der Waals surface area contributed by atoms with Crippen LogP contribution in [0.5, 0.6) is 0 Å². The Balaban J connectivity index is 2.22. The van der Waals surface area contributed by atoms with E-state index >= 15 is 0 Å². The van der Waals surface area contributed by atoms with E-state index in [-0.39, 0.29) is 36.1 Å². The van der Waals surface area contributed by atoms with Crippen molar-refractivity contribution in [3.63, 3.8) is 0 Å². The van der Waals surface area contributed by atoms with Crippen LogP contribution in [0.15, 0.2) is 22.8 Å². The lowest BCUT2D eigenvalue weighted by molar-refractivity contribution is -0.121. The highest BCUT2D eigenvalue weighted by atomic mass is 16.3. The van der Waals surface area contributed by atoms with E-state index in [1.165, 1.54) is 6.26 Å². The van der Waals surface area contributed by atoms with E-state index in [1.54, 1.807) is 12.1 Å². The fourth-order valence-electron chi connectivity index (χ4n) is 1.65. The third-order valence-corrected chi connectivity index (χ3v) is 3.43. The molecule has 0 aliphatic heterocycles. The van der Waals surface area contributed by atoms with Crippen molar-refractivity contribution < 1.29 is 14.0 Å². The van der Waals surface area contributed by atoms with Crippen molar-refractivity contribution in [3.8, 4) is 0 Å². The van der Waals surface area contributed by atoms with Crippen LogP contribution in [0.25, 0.3) is 0 Å². The molecule has 0 radical (unpaired) electrons. The van der Waals surface area contributed by atoms with Gasteiger partial charge in [0.15, 0.2) is 5.76 Å². The summed E-state index contributed by atoms with van der Waals surface area (Å²) < 4.78 is 4.94. The lowest BCUT2D eigenvalue weighted by Crippen LogP contribution is -2.49. The Bertz CT molecular complexity index is 425. The second-order valence-electron chi connectivity index (χ2n) is 4.83. The molecule has 0 spiro atoms. The fraction of sp³-hybridized carbons (Fsp3) is 0.571. The summed E-state index contributed by atoms with van der Waals surface area (Å²) in [6.45, 7) is 4.71. The zero-order valence-electron chi connectivity index (χ0n) is 12.1. The van der Waals surface area contributed by atoms with Gasteiger partial charge in [-0.25, -0.2) is 0 Å². The molecule has 0 aliphatic carbocycles. The number of rotatable bonds is 8. The van der Waals surface area contributed by atoms with Gasteiger partial charge in [-0.15, -0.1) is 0 Å². The molecule has 0 aromatic carbocycles. The van der Waals surface area contributed by atoms with Crippen molar-refractivity contribution in [1.82, 2.24) is 10.6 Å². The highest BCUT2D eigenvalue weighted by Crippen LogP contribution is 2.09. The van der Waals surface area contributed by atoms with Gasteiger partial charge in [-0.2, -0.15) is 0 Å². The summed E-state index contributed by atoms with van der Waals surface area (Å²) in [5.41, 5.74) is 5.73. The molecule has 1 heterocycles. The molecule has 0 unspecified atom stereocenters. The predicted molar refractivity (Wildman–Crippen MR) is 76.2 cm³/mol. The van der Waals surface area contributed by atoms with Gasteiger partial charge in [0.1, 0.15) is 0 Å². The molecule has 2 amide bonds. The predicted octanol–water partition coefficient (Wildman–Crippen LogP) is 1.03. The van der Waals surface area contributed by atoms with Crippen LogP contribution in [0.3, 0.4) is 0 Å². The second kappa shape index (κ2) is 7.69. The molecule has 112 valence electrons. The lowest BCUT2D eigenvalue weighted by Gasteiger charge is -2.26. The largest absolute Gasteiger partial charge is 0.459 e. The van der Waals surface area contributed by atoms with E-state index in [2.05, 4.69) is 10.6 Å². The van der Waals surface area contributed by atoms with Gasteiger partial charge in [-0.1, -0.05) is 13.8 Å². The average Bonchev–Trinajstić information content (AvgIpc) is 2.99. The fourth-order valence-corrected chi connectivity index (χ4v) is 1.65. The van der Waals surface area contributed by atoms with Crippen LogP contribution in [-0.2, 0) is 4.79 Å². The van der Waals surface area contributed by atoms with Crippen LogP contribution in [0.2, 0.25) is 0 Å². The maximum absolute atomic E-state index is 11.6. The Hall–Kier alpha value is -1.82. The molecule has 6 nitrogen and oxygen atoms in total. The summed E-state index contributed by atoms with van der Waals surface area (Å²) in [4.78, 5) is 23.2. The van der Waals surface area contributed by atoms with E-state index in [4.69, 9.17) is 10.2 Å². The molecular formula is C14H23N3O3. The quantitative estimate of drug-likeness (QED) is 0.663. The Morgan fingerprint density at radius 1 is 1.30 bits per heavy atom. The van der Waals surface area contributed by atoms with E-state index in [9.17, 15) is 9.59 Å². The first-order chi connectivity index (χ1) is 9.50. The topological polar surface area (TPSA) is 97.4 Å². The summed E-state index contributed by atoms with van der Waals surface area (Å²) in [6, 6.07) is 3.21. The third-order valence-electron chi connectivity index (χ3n) is 3.43. The molecule has 0 fully saturated rings. The van der Waals surface area contributed by atoms with Gasteiger partial charge in [0.25, 0.3) is 5.91 Å². The Labute approximate surface area is 119 Å². The summed E-state index contributed by atoms with van der Waals surface area (Å²) in [5.74, 6) is -0.206. The van der Waals surface area contributed by atoms with Gasteiger partial charge in [0, 0.05) is 25.0 Å². The first kappa shape index (κ1) is 16.2. The molecule has 0 aliphatic rings. The Morgan fingerprint density at radius 2 is 2.00 bits per heavy atom. The zero-order chi connectivity index (χ0) is 15.0. The number of furan rings is 1. The Kier molecular flexibility index (Phi) is 6.24. The smallest absolute Gasteiger partial charge is 0.286 e. The normalized spacial score (nSPS) is 11.2. The van der Waals surface area contributed by atoms with Gasteiger partial charge in [0.2, 0.25) is 5.91 Å². The van der Waals surface area contributed by atoms with Crippen LogP contribution in [0.1, 0.15) is 43.7 Å². The molecule has 0 bridgehead atoms. The van der Waals surface area contributed by atoms with Gasteiger partial charge < -0.3 is 20.8 Å². The molecule has 1 aromatic heterocycles. The van der Waals surface area contributed by atoms with Crippen molar-refractivity contribution in [1.29, 1.82) is 0 Å². The number of carbonyl (C=O) groups excluding carboxylic acids is 2. The van der Waals surface area contributed by atoms with Crippen LogP contribution in [0, 0.1) is 0 Å². The molecule has 6 heteroatoms. The third kappa shape index (κ3) is 5.05. The zero-order valence-corrected chi connectivity index (χ0v) is 12.1. The SMILES string of the molecule is CCC(N)(CC)CNC(=O)CCNC(=O)c1ccco1. The van der Waals surface area contributed by atoms with E-state index in [0.717, 1.165) is 12.8 Å². The molecule has 0 saturated heterocycles. The number of carbonyl (C=O) groups is 2. The van der Waals surface area contributed by atoms with Gasteiger partial charge >= 0.3 is 0 Å². The minimum absolute atomic E-state index is 0.124. The minimum Gasteiger partial charge on any atom is -0.459 e. The standard InChI is InChI=1S/C14H23N3O3/c1-3-14(15,4-2)10-17-12(18)7-8-16-13(19)11-6-5-9-20-11/h5-6,9H,3-4,7-8,10,15H2,1-2H3,(H,16,19)(H,17,18).